The molecule has 1 aromatic heterocycles. The lowest BCUT2D eigenvalue weighted by atomic mass is 9.88. The van der Waals surface area contributed by atoms with Crippen LogP contribution in [0, 0.1) is 0 Å². The number of para-hydroxylation sites is 2. The highest BCUT2D eigenvalue weighted by molar-refractivity contribution is 7.12. The van der Waals surface area contributed by atoms with Gasteiger partial charge in [0, 0.05) is 27.5 Å². The Morgan fingerprint density at radius 1 is 1.00 bits per heavy atom. The number of amides is 2. The third-order valence-corrected chi connectivity index (χ3v) is 7.58. The summed E-state index contributed by atoms with van der Waals surface area (Å²) in [5, 5.41) is 3.09. The highest BCUT2D eigenvalue weighted by Crippen LogP contribution is 2.46. The Balaban J connectivity index is 1.58. The van der Waals surface area contributed by atoms with Gasteiger partial charge in [-0.2, -0.15) is 0 Å². The molecule has 1 N–H and O–H groups in total. The number of carbonyl (C=O) groups excluding carboxylic acids is 1. The number of urea groups is 1. The van der Waals surface area contributed by atoms with Gasteiger partial charge in [-0.1, -0.05) is 36.4 Å². The van der Waals surface area contributed by atoms with Crippen molar-refractivity contribution in [2.45, 2.75) is 38.1 Å². The summed E-state index contributed by atoms with van der Waals surface area (Å²) in [6.07, 6.45) is 5.81. The molecule has 2 heterocycles. The Labute approximate surface area is 181 Å². The Bertz CT molecular complexity index is 1060. The highest BCUT2D eigenvalue weighted by atomic mass is 32.1. The molecule has 0 spiro atoms. The van der Waals surface area contributed by atoms with Crippen LogP contribution >= 0.6 is 11.3 Å². The molecule has 5 heteroatoms. The van der Waals surface area contributed by atoms with Gasteiger partial charge in [0.1, 0.15) is 5.75 Å². The molecular weight excluding hydrogens is 392 g/mol. The average Bonchev–Trinajstić information content (AvgIpc) is 3.18. The Kier molecular flexibility index (Phi) is 5.21. The van der Waals surface area contributed by atoms with E-state index < -0.39 is 0 Å². The van der Waals surface area contributed by atoms with Gasteiger partial charge in [-0.15, -0.1) is 11.3 Å². The molecule has 0 bridgehead atoms. The van der Waals surface area contributed by atoms with Crippen molar-refractivity contribution in [3.05, 3.63) is 81.0 Å². The quantitative estimate of drug-likeness (QED) is 0.583. The lowest BCUT2D eigenvalue weighted by Gasteiger charge is -2.37. The summed E-state index contributed by atoms with van der Waals surface area (Å²) >= 11 is 1.91. The van der Waals surface area contributed by atoms with E-state index in [2.05, 4.69) is 11.4 Å². The number of fused-ring (bicyclic) bond motifs is 3. The van der Waals surface area contributed by atoms with Crippen LogP contribution < -0.4 is 10.1 Å². The van der Waals surface area contributed by atoms with E-state index in [1.807, 2.05) is 64.8 Å². The van der Waals surface area contributed by atoms with Crippen LogP contribution in [0.5, 0.6) is 5.75 Å². The maximum atomic E-state index is 13.4. The number of nitrogens with zero attached hydrogens (tertiary/aromatic N) is 1. The SMILES string of the molecule is COc1ccccc1C1c2sc3c(c2CCN1C(=O)Nc1ccccc1)CCCC3. The summed E-state index contributed by atoms with van der Waals surface area (Å²) < 4.78 is 5.71. The Hall–Kier alpha value is -2.79. The van der Waals surface area contributed by atoms with Crippen molar-refractivity contribution in [2.75, 3.05) is 19.0 Å². The fourth-order valence-corrected chi connectivity index (χ4v) is 6.36. The fourth-order valence-electron chi connectivity index (χ4n) is 4.79. The largest absolute Gasteiger partial charge is 0.496 e. The molecule has 1 unspecified atom stereocenters. The number of aryl methyl sites for hydroxylation is 1. The van der Waals surface area contributed by atoms with Crippen molar-refractivity contribution in [3.8, 4) is 5.75 Å². The maximum absolute atomic E-state index is 13.4. The topological polar surface area (TPSA) is 41.6 Å². The molecule has 1 atom stereocenters. The number of anilines is 1. The van der Waals surface area contributed by atoms with E-state index in [1.54, 1.807) is 12.7 Å². The summed E-state index contributed by atoms with van der Waals surface area (Å²) in [4.78, 5) is 18.2. The van der Waals surface area contributed by atoms with Crippen LogP contribution in [-0.4, -0.2) is 24.6 Å². The molecule has 4 nitrogen and oxygen atoms in total. The Morgan fingerprint density at radius 3 is 2.60 bits per heavy atom. The predicted molar refractivity (Wildman–Crippen MR) is 122 cm³/mol. The Morgan fingerprint density at radius 2 is 1.77 bits per heavy atom. The van der Waals surface area contributed by atoms with Crippen molar-refractivity contribution in [1.82, 2.24) is 4.90 Å². The van der Waals surface area contributed by atoms with Crippen LogP contribution in [0.25, 0.3) is 0 Å². The molecule has 0 radical (unpaired) electrons. The fraction of sp³-hybridized carbons (Fsp3) is 0.320. The molecule has 0 fully saturated rings. The van der Waals surface area contributed by atoms with Gasteiger partial charge in [-0.05, 0) is 61.4 Å². The number of methoxy groups -OCH3 is 1. The molecule has 1 aliphatic heterocycles. The zero-order valence-electron chi connectivity index (χ0n) is 17.2. The minimum Gasteiger partial charge on any atom is -0.496 e. The second kappa shape index (κ2) is 8.15. The molecule has 1 aliphatic carbocycles. The molecule has 0 saturated carbocycles. The van der Waals surface area contributed by atoms with E-state index in [1.165, 1.54) is 41.0 Å². The molecule has 2 amide bonds. The van der Waals surface area contributed by atoms with Gasteiger partial charge in [0.2, 0.25) is 0 Å². The standard InChI is InChI=1S/C25H26N2O2S/c1-29-21-13-7-5-12-20(21)23-24-19(18-11-6-8-14-22(18)30-24)15-16-27(23)25(28)26-17-9-3-2-4-10-17/h2-5,7,9-10,12-13,23H,6,8,11,14-16H2,1H3,(H,26,28). The van der Waals surface area contributed by atoms with Crippen molar-refractivity contribution < 1.29 is 9.53 Å². The molecule has 0 saturated heterocycles. The number of benzene rings is 2. The summed E-state index contributed by atoms with van der Waals surface area (Å²) in [7, 11) is 1.70. The van der Waals surface area contributed by atoms with Crippen molar-refractivity contribution in [1.29, 1.82) is 0 Å². The normalized spacial score (nSPS) is 17.8. The minimum absolute atomic E-state index is 0.0610. The van der Waals surface area contributed by atoms with Crippen LogP contribution in [0.2, 0.25) is 0 Å². The van der Waals surface area contributed by atoms with Gasteiger partial charge in [-0.25, -0.2) is 4.79 Å². The van der Waals surface area contributed by atoms with Gasteiger partial charge < -0.3 is 15.0 Å². The molecule has 5 rings (SSSR count). The number of rotatable bonds is 3. The summed E-state index contributed by atoms with van der Waals surface area (Å²) in [6.45, 7) is 0.706. The summed E-state index contributed by atoms with van der Waals surface area (Å²) in [5.74, 6) is 0.833. The van der Waals surface area contributed by atoms with E-state index >= 15 is 0 Å². The van der Waals surface area contributed by atoms with Gasteiger partial charge >= 0.3 is 6.03 Å². The van der Waals surface area contributed by atoms with E-state index in [0.29, 0.717) is 6.54 Å². The van der Waals surface area contributed by atoms with Crippen LogP contribution in [0.15, 0.2) is 54.6 Å². The molecule has 3 aromatic rings. The van der Waals surface area contributed by atoms with E-state index in [-0.39, 0.29) is 12.1 Å². The second-order valence-electron chi connectivity index (χ2n) is 7.94. The number of hydrogen-bond donors (Lipinski definition) is 1. The third-order valence-electron chi connectivity index (χ3n) is 6.19. The average molecular weight is 419 g/mol. The highest BCUT2D eigenvalue weighted by Gasteiger charge is 2.37. The number of thiophene rings is 1. The first-order valence-electron chi connectivity index (χ1n) is 10.6. The zero-order valence-corrected chi connectivity index (χ0v) is 18.0. The molecule has 154 valence electrons. The van der Waals surface area contributed by atoms with Gasteiger partial charge in [0.25, 0.3) is 0 Å². The van der Waals surface area contributed by atoms with Crippen LogP contribution in [0.3, 0.4) is 0 Å². The van der Waals surface area contributed by atoms with Crippen LogP contribution in [0.1, 0.15) is 45.3 Å². The van der Waals surface area contributed by atoms with Gasteiger partial charge in [-0.3, -0.25) is 0 Å². The smallest absolute Gasteiger partial charge is 0.322 e. The summed E-state index contributed by atoms with van der Waals surface area (Å²) in [5.41, 5.74) is 4.92. The second-order valence-corrected chi connectivity index (χ2v) is 9.07. The van der Waals surface area contributed by atoms with Crippen molar-refractivity contribution in [2.24, 2.45) is 0 Å². The van der Waals surface area contributed by atoms with Crippen LogP contribution in [-0.2, 0) is 19.3 Å². The summed E-state index contributed by atoms with van der Waals surface area (Å²) in [6, 6.07) is 17.6. The van der Waals surface area contributed by atoms with Gasteiger partial charge in [0.15, 0.2) is 0 Å². The number of carbonyl (C=O) groups is 1. The maximum Gasteiger partial charge on any atom is 0.322 e. The first-order chi connectivity index (χ1) is 14.8. The predicted octanol–water partition coefficient (Wildman–Crippen LogP) is 5.82. The molecule has 30 heavy (non-hydrogen) atoms. The van der Waals surface area contributed by atoms with Gasteiger partial charge in [0.05, 0.1) is 13.2 Å². The first kappa shape index (κ1) is 19.2. The number of ether oxygens (including phenoxy) is 1. The zero-order chi connectivity index (χ0) is 20.5. The van der Waals surface area contributed by atoms with Crippen LogP contribution in [0.4, 0.5) is 10.5 Å². The molecular formula is C25H26N2O2S. The molecule has 2 aliphatic rings. The minimum atomic E-state index is -0.121. The number of nitrogens with one attached hydrogen (secondary N) is 1. The number of hydrogen-bond acceptors (Lipinski definition) is 3. The monoisotopic (exact) mass is 418 g/mol. The van der Waals surface area contributed by atoms with Crippen molar-refractivity contribution in [3.63, 3.8) is 0 Å². The lowest BCUT2D eigenvalue weighted by molar-refractivity contribution is 0.194. The third kappa shape index (κ3) is 3.37. The lowest BCUT2D eigenvalue weighted by Crippen LogP contribution is -2.42. The van der Waals surface area contributed by atoms with Crippen molar-refractivity contribution >= 4 is 23.1 Å². The van der Waals surface area contributed by atoms with E-state index in [9.17, 15) is 4.79 Å². The molecule has 2 aromatic carbocycles. The van der Waals surface area contributed by atoms with E-state index in [0.717, 1.165) is 23.4 Å². The van der Waals surface area contributed by atoms with E-state index in [4.69, 9.17) is 4.74 Å². The first-order valence-corrected chi connectivity index (χ1v) is 11.5.